The number of carbonyl (C=O) groups excluding carboxylic acids is 1. The van der Waals surface area contributed by atoms with E-state index in [0.29, 0.717) is 19.6 Å². The Balaban J connectivity index is 1.68. The SMILES string of the molecule is CC1CN(C(=O)NCCN2CCOCC2)CC1C(=O)O. The molecule has 2 fully saturated rings. The van der Waals surface area contributed by atoms with Gasteiger partial charge in [0, 0.05) is 39.3 Å². The topological polar surface area (TPSA) is 82.1 Å². The molecule has 0 spiro atoms. The zero-order valence-corrected chi connectivity index (χ0v) is 11.9. The van der Waals surface area contributed by atoms with E-state index in [-0.39, 0.29) is 11.9 Å². The summed E-state index contributed by atoms with van der Waals surface area (Å²) >= 11 is 0. The molecule has 20 heavy (non-hydrogen) atoms. The van der Waals surface area contributed by atoms with Crippen LogP contribution in [0.2, 0.25) is 0 Å². The fraction of sp³-hybridized carbons (Fsp3) is 0.846. The van der Waals surface area contributed by atoms with Gasteiger partial charge in [-0.1, -0.05) is 6.92 Å². The van der Waals surface area contributed by atoms with E-state index in [4.69, 9.17) is 9.84 Å². The van der Waals surface area contributed by atoms with Gasteiger partial charge in [-0.15, -0.1) is 0 Å². The van der Waals surface area contributed by atoms with Gasteiger partial charge in [-0.05, 0) is 5.92 Å². The number of rotatable bonds is 4. The van der Waals surface area contributed by atoms with E-state index < -0.39 is 11.9 Å². The molecular weight excluding hydrogens is 262 g/mol. The van der Waals surface area contributed by atoms with Crippen molar-refractivity contribution in [1.29, 1.82) is 0 Å². The summed E-state index contributed by atoms with van der Waals surface area (Å²) in [5, 5.41) is 11.9. The Kier molecular flexibility index (Phi) is 5.19. The van der Waals surface area contributed by atoms with Crippen LogP contribution in [0.4, 0.5) is 4.79 Å². The molecule has 2 atom stereocenters. The minimum atomic E-state index is -0.818. The third kappa shape index (κ3) is 3.83. The van der Waals surface area contributed by atoms with E-state index in [1.165, 1.54) is 0 Å². The number of morpholine rings is 1. The highest BCUT2D eigenvalue weighted by molar-refractivity contribution is 5.77. The molecule has 0 aromatic rings. The summed E-state index contributed by atoms with van der Waals surface area (Å²) < 4.78 is 5.26. The number of ether oxygens (including phenoxy) is 1. The van der Waals surface area contributed by atoms with Crippen molar-refractivity contribution in [1.82, 2.24) is 15.1 Å². The molecule has 2 amide bonds. The van der Waals surface area contributed by atoms with Gasteiger partial charge in [-0.3, -0.25) is 9.69 Å². The molecule has 0 aliphatic carbocycles. The molecule has 2 N–H and O–H groups in total. The summed E-state index contributed by atoms with van der Waals surface area (Å²) in [7, 11) is 0. The zero-order valence-electron chi connectivity index (χ0n) is 11.9. The monoisotopic (exact) mass is 285 g/mol. The van der Waals surface area contributed by atoms with Gasteiger partial charge in [-0.25, -0.2) is 4.79 Å². The van der Waals surface area contributed by atoms with Crippen molar-refractivity contribution in [3.05, 3.63) is 0 Å². The van der Waals surface area contributed by atoms with E-state index in [1.807, 2.05) is 6.92 Å². The second kappa shape index (κ2) is 6.90. The number of hydrogen-bond donors (Lipinski definition) is 2. The number of carboxylic acids is 1. The molecule has 2 rings (SSSR count). The van der Waals surface area contributed by atoms with Gasteiger partial charge in [0.2, 0.25) is 0 Å². The Morgan fingerprint density at radius 2 is 2.00 bits per heavy atom. The maximum atomic E-state index is 12.0. The number of aliphatic carboxylic acids is 1. The molecule has 2 saturated heterocycles. The van der Waals surface area contributed by atoms with Crippen LogP contribution in [0.1, 0.15) is 6.92 Å². The van der Waals surface area contributed by atoms with Crippen LogP contribution in [-0.2, 0) is 9.53 Å². The lowest BCUT2D eigenvalue weighted by molar-refractivity contribution is -0.142. The molecule has 7 heteroatoms. The van der Waals surface area contributed by atoms with Crippen molar-refractivity contribution in [3.8, 4) is 0 Å². The van der Waals surface area contributed by atoms with Crippen LogP contribution in [0.15, 0.2) is 0 Å². The molecule has 2 heterocycles. The van der Waals surface area contributed by atoms with Crippen LogP contribution in [0.5, 0.6) is 0 Å². The van der Waals surface area contributed by atoms with Crippen LogP contribution in [0.3, 0.4) is 0 Å². The zero-order chi connectivity index (χ0) is 14.5. The second-order valence-corrected chi connectivity index (χ2v) is 5.51. The molecule has 114 valence electrons. The predicted molar refractivity (Wildman–Crippen MR) is 72.5 cm³/mol. The average Bonchev–Trinajstić information content (AvgIpc) is 2.82. The van der Waals surface area contributed by atoms with Crippen LogP contribution in [0, 0.1) is 11.8 Å². The molecule has 0 saturated carbocycles. The lowest BCUT2D eigenvalue weighted by Crippen LogP contribution is -2.44. The summed E-state index contributed by atoms with van der Waals surface area (Å²) in [5.41, 5.74) is 0. The number of carboxylic acid groups (broad SMARTS) is 1. The number of nitrogens with zero attached hydrogens (tertiary/aromatic N) is 2. The van der Waals surface area contributed by atoms with Crippen molar-refractivity contribution in [3.63, 3.8) is 0 Å². The molecule has 2 aliphatic heterocycles. The molecule has 2 unspecified atom stereocenters. The third-order valence-corrected chi connectivity index (χ3v) is 4.02. The standard InChI is InChI=1S/C13H23N3O4/c1-10-8-16(9-11(10)12(17)18)13(19)14-2-3-15-4-6-20-7-5-15/h10-11H,2-9H2,1H3,(H,14,19)(H,17,18). The van der Waals surface area contributed by atoms with Crippen LogP contribution < -0.4 is 5.32 Å². The van der Waals surface area contributed by atoms with Crippen molar-refractivity contribution >= 4 is 12.0 Å². The van der Waals surface area contributed by atoms with E-state index in [9.17, 15) is 9.59 Å². The summed E-state index contributed by atoms with van der Waals surface area (Å²) in [5.74, 6) is -1.25. The van der Waals surface area contributed by atoms with E-state index >= 15 is 0 Å². The Morgan fingerprint density at radius 3 is 2.60 bits per heavy atom. The Morgan fingerprint density at radius 1 is 1.30 bits per heavy atom. The predicted octanol–water partition coefficient (Wildman–Crippen LogP) is -0.319. The maximum Gasteiger partial charge on any atom is 0.317 e. The number of urea groups is 1. The number of likely N-dealkylation sites (tertiary alicyclic amines) is 1. The minimum absolute atomic E-state index is 0.0116. The van der Waals surface area contributed by atoms with Gasteiger partial charge >= 0.3 is 12.0 Å². The first-order chi connectivity index (χ1) is 9.58. The Bertz CT molecular complexity index is 358. The first kappa shape index (κ1) is 15.1. The molecule has 7 nitrogen and oxygen atoms in total. The summed E-state index contributed by atoms with van der Waals surface area (Å²) in [6, 6.07) is -0.158. The summed E-state index contributed by atoms with van der Waals surface area (Å²) in [6.07, 6.45) is 0. The fourth-order valence-corrected chi connectivity index (χ4v) is 2.71. The molecular formula is C13H23N3O4. The fourth-order valence-electron chi connectivity index (χ4n) is 2.71. The second-order valence-electron chi connectivity index (χ2n) is 5.51. The molecule has 0 radical (unpaired) electrons. The molecule has 0 aromatic heterocycles. The third-order valence-electron chi connectivity index (χ3n) is 4.02. The molecule has 0 aromatic carbocycles. The highest BCUT2D eigenvalue weighted by Crippen LogP contribution is 2.22. The van der Waals surface area contributed by atoms with Crippen LogP contribution in [-0.4, -0.2) is 79.4 Å². The smallest absolute Gasteiger partial charge is 0.317 e. The Labute approximate surface area is 118 Å². The van der Waals surface area contributed by atoms with Crippen LogP contribution >= 0.6 is 0 Å². The van der Waals surface area contributed by atoms with E-state index in [1.54, 1.807) is 4.90 Å². The number of amides is 2. The lowest BCUT2D eigenvalue weighted by atomic mass is 9.99. The lowest BCUT2D eigenvalue weighted by Gasteiger charge is -2.27. The first-order valence-electron chi connectivity index (χ1n) is 7.13. The molecule has 0 bridgehead atoms. The van der Waals surface area contributed by atoms with Gasteiger partial charge in [0.1, 0.15) is 0 Å². The summed E-state index contributed by atoms with van der Waals surface area (Å²) in [6.45, 7) is 7.38. The molecule has 2 aliphatic rings. The van der Waals surface area contributed by atoms with Crippen molar-refractivity contribution in [2.45, 2.75) is 6.92 Å². The van der Waals surface area contributed by atoms with Crippen molar-refractivity contribution in [2.24, 2.45) is 11.8 Å². The number of hydrogen-bond acceptors (Lipinski definition) is 4. The maximum absolute atomic E-state index is 12.0. The quantitative estimate of drug-likeness (QED) is 0.740. The van der Waals surface area contributed by atoms with E-state index in [0.717, 1.165) is 32.8 Å². The normalized spacial score (nSPS) is 27.6. The van der Waals surface area contributed by atoms with Crippen molar-refractivity contribution < 1.29 is 19.4 Å². The Hall–Kier alpha value is -1.34. The first-order valence-corrected chi connectivity index (χ1v) is 7.13. The highest BCUT2D eigenvalue weighted by atomic mass is 16.5. The summed E-state index contributed by atoms with van der Waals surface area (Å²) in [4.78, 5) is 26.8. The number of nitrogens with one attached hydrogen (secondary N) is 1. The van der Waals surface area contributed by atoms with Crippen molar-refractivity contribution in [2.75, 3.05) is 52.5 Å². The van der Waals surface area contributed by atoms with E-state index in [2.05, 4.69) is 10.2 Å². The highest BCUT2D eigenvalue weighted by Gasteiger charge is 2.36. The largest absolute Gasteiger partial charge is 0.481 e. The average molecular weight is 285 g/mol. The van der Waals surface area contributed by atoms with Crippen LogP contribution in [0.25, 0.3) is 0 Å². The number of carbonyl (C=O) groups is 2. The van der Waals surface area contributed by atoms with Gasteiger partial charge in [-0.2, -0.15) is 0 Å². The van der Waals surface area contributed by atoms with Gasteiger partial charge < -0.3 is 20.1 Å². The van der Waals surface area contributed by atoms with Gasteiger partial charge in [0.15, 0.2) is 0 Å². The minimum Gasteiger partial charge on any atom is -0.481 e. The van der Waals surface area contributed by atoms with Gasteiger partial charge in [0.05, 0.1) is 19.1 Å². The van der Waals surface area contributed by atoms with Gasteiger partial charge in [0.25, 0.3) is 0 Å².